The van der Waals surface area contributed by atoms with Crippen LogP contribution >= 0.6 is 11.6 Å². The third-order valence-electron chi connectivity index (χ3n) is 3.53. The van der Waals surface area contributed by atoms with Crippen molar-refractivity contribution in [2.75, 3.05) is 13.1 Å². The maximum absolute atomic E-state index is 9.55. The van der Waals surface area contributed by atoms with Crippen LogP contribution in [0.2, 0.25) is 5.02 Å². The number of nitrogens with zero attached hydrogens (tertiary/aromatic N) is 2. The van der Waals surface area contributed by atoms with Gasteiger partial charge >= 0.3 is 11.9 Å². The van der Waals surface area contributed by atoms with Crippen LogP contribution in [0, 0.1) is 0 Å². The molecule has 140 valence electrons. The molecule has 0 spiro atoms. The summed E-state index contributed by atoms with van der Waals surface area (Å²) in [4.78, 5) is 28.1. The van der Waals surface area contributed by atoms with Gasteiger partial charge in [0.2, 0.25) is 0 Å². The van der Waals surface area contributed by atoms with E-state index in [4.69, 9.17) is 21.8 Å². The number of aliphatic carboxylic acids is 2. The van der Waals surface area contributed by atoms with Gasteiger partial charge in [0.15, 0.2) is 0 Å². The number of pyridine rings is 1. The molecule has 1 unspecified atom stereocenters. The maximum atomic E-state index is 9.55. The quantitative estimate of drug-likeness (QED) is 0.680. The fourth-order valence-corrected chi connectivity index (χ4v) is 2.55. The second kappa shape index (κ2) is 10.1. The highest BCUT2D eigenvalue weighted by atomic mass is 35.5. The Kier molecular flexibility index (Phi) is 7.51. The third kappa shape index (κ3) is 6.56. The fourth-order valence-electron chi connectivity index (χ4n) is 2.42. The molecule has 27 heavy (non-hydrogen) atoms. The molecule has 0 radical (unpaired) electrons. The normalized spacial score (nSPS) is 13.9. The van der Waals surface area contributed by atoms with E-state index in [9.17, 15) is 9.59 Å². The number of nitrogens with one attached hydrogen (secondary N) is 1. The Morgan fingerprint density at radius 1 is 1.07 bits per heavy atom. The van der Waals surface area contributed by atoms with Crippen molar-refractivity contribution in [2.24, 2.45) is 4.99 Å². The number of amidine groups is 1. The minimum Gasteiger partial charge on any atom is -0.478 e. The average Bonchev–Trinajstić information content (AvgIpc) is 3.17. The molecule has 1 aromatic heterocycles. The summed E-state index contributed by atoms with van der Waals surface area (Å²) in [5.41, 5.74) is 2.15. The largest absolute Gasteiger partial charge is 0.478 e. The second-order valence-electron chi connectivity index (χ2n) is 5.44. The van der Waals surface area contributed by atoms with E-state index in [1.54, 1.807) is 0 Å². The van der Waals surface area contributed by atoms with E-state index in [1.807, 2.05) is 48.7 Å². The molecule has 2 heterocycles. The Morgan fingerprint density at radius 3 is 2.22 bits per heavy atom. The van der Waals surface area contributed by atoms with Gasteiger partial charge in [-0.2, -0.15) is 0 Å². The van der Waals surface area contributed by atoms with Crippen LogP contribution in [0.4, 0.5) is 0 Å². The summed E-state index contributed by atoms with van der Waals surface area (Å²) in [5.74, 6) is -1.47. The smallest absolute Gasteiger partial charge is 0.328 e. The summed E-state index contributed by atoms with van der Waals surface area (Å²) in [7, 11) is 0. The molecule has 3 rings (SSSR count). The molecular formula is C19H18ClN3O4. The first-order chi connectivity index (χ1) is 13.0. The Labute approximate surface area is 161 Å². The number of carboxylic acids is 2. The second-order valence-corrected chi connectivity index (χ2v) is 5.88. The minimum atomic E-state index is -1.26. The number of hydrogen-bond acceptors (Lipinski definition) is 5. The number of aliphatic imine (C=N–C) groups is 1. The molecule has 1 atom stereocenters. The number of carbonyl (C=O) groups is 2. The summed E-state index contributed by atoms with van der Waals surface area (Å²) in [6.45, 7) is 1.72. The topological polar surface area (TPSA) is 112 Å². The van der Waals surface area contributed by atoms with Gasteiger partial charge in [-0.05, 0) is 29.8 Å². The Hall–Kier alpha value is -3.19. The molecule has 1 aliphatic rings. The first-order valence-electron chi connectivity index (χ1n) is 8.06. The van der Waals surface area contributed by atoms with Crippen molar-refractivity contribution in [3.8, 4) is 0 Å². The highest BCUT2D eigenvalue weighted by Gasteiger charge is 2.23. The number of aromatic nitrogens is 1. The van der Waals surface area contributed by atoms with Gasteiger partial charge < -0.3 is 15.5 Å². The molecule has 1 aromatic carbocycles. The van der Waals surface area contributed by atoms with Gasteiger partial charge in [-0.25, -0.2) is 9.59 Å². The fraction of sp³-hybridized carbons (Fsp3) is 0.158. The Balaban J connectivity index is 0.000000279. The SMILES string of the molecule is Clc1ccc(C(C2=NCCN2)c2ccccn2)cc1.O=C(O)/C=C\C(=O)O. The molecule has 3 N–H and O–H groups in total. The van der Waals surface area contributed by atoms with Gasteiger partial charge in [0.25, 0.3) is 0 Å². The van der Waals surface area contributed by atoms with E-state index < -0.39 is 11.9 Å². The molecule has 1 aliphatic heterocycles. The van der Waals surface area contributed by atoms with E-state index in [2.05, 4.69) is 15.3 Å². The molecule has 0 bridgehead atoms. The van der Waals surface area contributed by atoms with Gasteiger partial charge in [0.05, 0.1) is 18.2 Å². The highest BCUT2D eigenvalue weighted by Crippen LogP contribution is 2.26. The van der Waals surface area contributed by atoms with Crippen molar-refractivity contribution in [3.05, 3.63) is 77.1 Å². The van der Waals surface area contributed by atoms with Crippen molar-refractivity contribution in [1.82, 2.24) is 10.3 Å². The number of halogens is 1. The zero-order chi connectivity index (χ0) is 19.6. The van der Waals surface area contributed by atoms with Gasteiger partial charge in [-0.3, -0.25) is 9.98 Å². The highest BCUT2D eigenvalue weighted by molar-refractivity contribution is 6.30. The molecule has 0 saturated carbocycles. The van der Waals surface area contributed by atoms with E-state index in [0.717, 1.165) is 35.2 Å². The van der Waals surface area contributed by atoms with E-state index in [-0.39, 0.29) is 5.92 Å². The van der Waals surface area contributed by atoms with Crippen LogP contribution in [-0.2, 0) is 9.59 Å². The minimum absolute atomic E-state index is 0.0565. The molecule has 0 fully saturated rings. The van der Waals surface area contributed by atoms with Crippen molar-refractivity contribution in [3.63, 3.8) is 0 Å². The first-order valence-corrected chi connectivity index (χ1v) is 8.43. The van der Waals surface area contributed by atoms with Crippen LogP contribution in [0.5, 0.6) is 0 Å². The van der Waals surface area contributed by atoms with Crippen LogP contribution in [0.15, 0.2) is 65.8 Å². The lowest BCUT2D eigenvalue weighted by atomic mass is 9.94. The van der Waals surface area contributed by atoms with Gasteiger partial charge in [-0.15, -0.1) is 0 Å². The maximum Gasteiger partial charge on any atom is 0.328 e. The zero-order valence-corrected chi connectivity index (χ0v) is 15.0. The number of hydrogen-bond donors (Lipinski definition) is 3. The number of benzene rings is 1. The van der Waals surface area contributed by atoms with Crippen molar-refractivity contribution < 1.29 is 19.8 Å². The third-order valence-corrected chi connectivity index (χ3v) is 3.78. The van der Waals surface area contributed by atoms with Crippen molar-refractivity contribution in [1.29, 1.82) is 0 Å². The molecule has 2 aromatic rings. The van der Waals surface area contributed by atoms with Gasteiger partial charge in [-0.1, -0.05) is 29.8 Å². The molecular weight excluding hydrogens is 370 g/mol. The summed E-state index contributed by atoms with van der Waals surface area (Å²) in [6.07, 6.45) is 2.93. The van der Waals surface area contributed by atoms with Crippen LogP contribution < -0.4 is 5.32 Å². The number of rotatable bonds is 5. The zero-order valence-electron chi connectivity index (χ0n) is 14.2. The Morgan fingerprint density at radius 2 is 1.74 bits per heavy atom. The molecule has 0 amide bonds. The van der Waals surface area contributed by atoms with Crippen molar-refractivity contribution in [2.45, 2.75) is 5.92 Å². The lowest BCUT2D eigenvalue weighted by Gasteiger charge is -2.17. The summed E-state index contributed by atoms with van der Waals surface area (Å²) in [6, 6.07) is 13.8. The predicted molar refractivity (Wildman–Crippen MR) is 102 cm³/mol. The average molecular weight is 388 g/mol. The first kappa shape index (κ1) is 20.1. The van der Waals surface area contributed by atoms with Crippen LogP contribution in [0.1, 0.15) is 17.2 Å². The Bertz CT molecular complexity index is 820. The molecule has 0 saturated heterocycles. The van der Waals surface area contributed by atoms with E-state index >= 15 is 0 Å². The standard InChI is InChI=1S/C15H14ClN3.C4H4O4/c16-12-6-4-11(5-7-12)14(15-18-9-10-19-15)13-3-1-2-8-17-13;5-3(6)1-2-4(7)8/h1-8,14H,9-10H2,(H,18,19);1-2H,(H,5,6)(H,7,8)/b;2-1-. The monoisotopic (exact) mass is 387 g/mol. The van der Waals surface area contributed by atoms with Crippen molar-refractivity contribution >= 4 is 29.4 Å². The van der Waals surface area contributed by atoms with Gasteiger partial charge in [0.1, 0.15) is 5.84 Å². The molecule has 8 heteroatoms. The van der Waals surface area contributed by atoms with E-state index in [1.165, 1.54) is 0 Å². The molecule has 7 nitrogen and oxygen atoms in total. The summed E-state index contributed by atoms with van der Waals surface area (Å²) < 4.78 is 0. The summed E-state index contributed by atoms with van der Waals surface area (Å²) >= 11 is 5.96. The number of carboxylic acid groups (broad SMARTS) is 2. The lowest BCUT2D eigenvalue weighted by Crippen LogP contribution is -2.27. The van der Waals surface area contributed by atoms with Crippen LogP contribution in [0.3, 0.4) is 0 Å². The van der Waals surface area contributed by atoms with Crippen LogP contribution in [-0.4, -0.2) is 46.1 Å². The van der Waals surface area contributed by atoms with E-state index in [0.29, 0.717) is 12.2 Å². The van der Waals surface area contributed by atoms with Gasteiger partial charge in [0, 0.05) is 29.9 Å². The predicted octanol–water partition coefficient (Wildman–Crippen LogP) is 2.58. The molecule has 0 aliphatic carbocycles. The van der Waals surface area contributed by atoms with Crippen LogP contribution in [0.25, 0.3) is 0 Å². The summed E-state index contributed by atoms with van der Waals surface area (Å²) in [5, 5.41) is 19.7. The lowest BCUT2D eigenvalue weighted by molar-refractivity contribution is -0.134.